The van der Waals surface area contributed by atoms with Gasteiger partial charge in [0, 0.05) is 22.1 Å². The van der Waals surface area contributed by atoms with Crippen LogP contribution >= 0.6 is 11.3 Å². The normalized spacial score (nSPS) is 10.5. The van der Waals surface area contributed by atoms with E-state index in [1.807, 2.05) is 36.4 Å². The lowest BCUT2D eigenvalue weighted by atomic mass is 9.94. The predicted molar refractivity (Wildman–Crippen MR) is 88.5 cm³/mol. The number of nitrogens with two attached hydrogens (primary N) is 2. The first-order valence-corrected chi connectivity index (χ1v) is 7.38. The number of anilines is 2. The molecule has 0 fully saturated rings. The Morgan fingerprint density at radius 1 is 0.905 bits per heavy atom. The molecule has 21 heavy (non-hydrogen) atoms. The van der Waals surface area contributed by atoms with Crippen LogP contribution in [0.2, 0.25) is 0 Å². The smallest absolute Gasteiger partial charge is 0.193 e. The number of nitrogen functional groups attached to an aromatic ring is 2. The van der Waals surface area contributed by atoms with E-state index in [0.717, 1.165) is 11.1 Å². The van der Waals surface area contributed by atoms with Gasteiger partial charge in [-0.05, 0) is 5.56 Å². The van der Waals surface area contributed by atoms with Gasteiger partial charge in [-0.25, -0.2) is 0 Å². The topological polar surface area (TPSA) is 69.1 Å². The summed E-state index contributed by atoms with van der Waals surface area (Å²) in [6, 6.07) is 16.6. The highest BCUT2D eigenvalue weighted by Crippen LogP contribution is 2.39. The number of rotatable bonds is 3. The highest BCUT2D eigenvalue weighted by molar-refractivity contribution is 7.15. The summed E-state index contributed by atoms with van der Waals surface area (Å²) >= 11 is 1.38. The Kier molecular flexibility index (Phi) is 3.46. The van der Waals surface area contributed by atoms with E-state index >= 15 is 0 Å². The van der Waals surface area contributed by atoms with Gasteiger partial charge in [0.2, 0.25) is 0 Å². The summed E-state index contributed by atoms with van der Waals surface area (Å²) in [5.74, 6) is -0.0313. The molecule has 3 aromatic rings. The third kappa shape index (κ3) is 2.41. The van der Waals surface area contributed by atoms with Crippen LogP contribution in [0.4, 0.5) is 10.7 Å². The van der Waals surface area contributed by atoms with Crippen LogP contribution in [0, 0.1) is 0 Å². The number of carbonyl (C=O) groups is 1. The van der Waals surface area contributed by atoms with Gasteiger partial charge in [-0.2, -0.15) is 0 Å². The van der Waals surface area contributed by atoms with E-state index in [2.05, 4.69) is 0 Å². The van der Waals surface area contributed by atoms with Gasteiger partial charge in [0.1, 0.15) is 0 Å². The summed E-state index contributed by atoms with van der Waals surface area (Å²) in [5, 5.41) is 2.43. The zero-order valence-electron chi connectivity index (χ0n) is 11.2. The molecule has 1 aromatic heterocycles. The van der Waals surface area contributed by atoms with Crippen molar-refractivity contribution in [1.82, 2.24) is 0 Å². The Hall–Kier alpha value is -2.59. The van der Waals surface area contributed by atoms with E-state index in [0.29, 0.717) is 21.8 Å². The Morgan fingerprint density at radius 2 is 1.57 bits per heavy atom. The molecule has 0 spiro atoms. The minimum atomic E-state index is -0.0313. The van der Waals surface area contributed by atoms with Gasteiger partial charge in [-0.15, -0.1) is 11.3 Å². The summed E-state index contributed by atoms with van der Waals surface area (Å²) in [6.07, 6.45) is 0. The van der Waals surface area contributed by atoms with Crippen molar-refractivity contribution < 1.29 is 4.79 Å². The summed E-state index contributed by atoms with van der Waals surface area (Å²) in [6.45, 7) is 0. The number of carbonyl (C=O) groups excluding carboxylic acids is 1. The van der Waals surface area contributed by atoms with Crippen molar-refractivity contribution in [1.29, 1.82) is 0 Å². The zero-order valence-corrected chi connectivity index (χ0v) is 12.1. The SMILES string of the molecule is Nc1csc(N)c1-c1ccccc1C(=O)c1ccccc1. The van der Waals surface area contributed by atoms with Crippen molar-refractivity contribution in [3.8, 4) is 11.1 Å². The van der Waals surface area contributed by atoms with Crippen LogP contribution in [0.1, 0.15) is 15.9 Å². The van der Waals surface area contributed by atoms with Gasteiger partial charge >= 0.3 is 0 Å². The molecule has 3 rings (SSSR count). The van der Waals surface area contributed by atoms with Gasteiger partial charge in [0.15, 0.2) is 5.78 Å². The molecule has 0 saturated heterocycles. The second-order valence-electron chi connectivity index (χ2n) is 4.67. The van der Waals surface area contributed by atoms with Crippen molar-refractivity contribution in [2.24, 2.45) is 0 Å². The van der Waals surface area contributed by atoms with Crippen molar-refractivity contribution in [2.45, 2.75) is 0 Å². The van der Waals surface area contributed by atoms with Crippen LogP contribution in [-0.4, -0.2) is 5.78 Å². The highest BCUT2D eigenvalue weighted by Gasteiger charge is 2.18. The average Bonchev–Trinajstić information content (AvgIpc) is 2.86. The fourth-order valence-corrected chi connectivity index (χ4v) is 3.04. The average molecular weight is 294 g/mol. The first-order chi connectivity index (χ1) is 10.2. The molecule has 1 heterocycles. The third-order valence-electron chi connectivity index (χ3n) is 3.32. The molecule has 104 valence electrons. The van der Waals surface area contributed by atoms with E-state index < -0.39 is 0 Å². The first-order valence-electron chi connectivity index (χ1n) is 6.50. The molecule has 0 aliphatic heterocycles. The standard InChI is InChI=1S/C17H14N2OS/c18-14-10-21-17(19)15(14)12-8-4-5-9-13(12)16(20)11-6-2-1-3-7-11/h1-10H,18-19H2. The molecule has 4 N–H and O–H groups in total. The third-order valence-corrected chi connectivity index (χ3v) is 4.15. The molecule has 0 unspecified atom stereocenters. The van der Waals surface area contributed by atoms with Crippen LogP contribution in [0.25, 0.3) is 11.1 Å². The lowest BCUT2D eigenvalue weighted by Gasteiger charge is -2.09. The summed E-state index contributed by atoms with van der Waals surface area (Å²) in [7, 11) is 0. The maximum absolute atomic E-state index is 12.7. The van der Waals surface area contributed by atoms with Gasteiger partial charge in [-0.1, -0.05) is 54.6 Å². The van der Waals surface area contributed by atoms with Gasteiger partial charge < -0.3 is 11.5 Å². The number of hydrogen-bond acceptors (Lipinski definition) is 4. The monoisotopic (exact) mass is 294 g/mol. The molecule has 4 heteroatoms. The van der Waals surface area contributed by atoms with Gasteiger partial charge in [0.05, 0.1) is 10.7 Å². The summed E-state index contributed by atoms with van der Waals surface area (Å²) in [5.41, 5.74) is 15.4. The molecule has 0 amide bonds. The second-order valence-corrected chi connectivity index (χ2v) is 5.58. The van der Waals surface area contributed by atoms with E-state index in [1.54, 1.807) is 23.6 Å². The molecule has 0 radical (unpaired) electrons. The Balaban J connectivity index is 2.16. The largest absolute Gasteiger partial charge is 0.397 e. The second kappa shape index (κ2) is 5.42. The molecular formula is C17H14N2OS. The van der Waals surface area contributed by atoms with E-state index in [1.165, 1.54) is 11.3 Å². The number of ketones is 1. The van der Waals surface area contributed by atoms with E-state index in [4.69, 9.17) is 11.5 Å². The molecule has 0 atom stereocenters. The lowest BCUT2D eigenvalue weighted by molar-refractivity contribution is 0.103. The Morgan fingerprint density at radius 3 is 2.24 bits per heavy atom. The molecule has 0 saturated carbocycles. The van der Waals surface area contributed by atoms with Crippen molar-refractivity contribution >= 4 is 27.8 Å². The number of hydrogen-bond donors (Lipinski definition) is 2. The fraction of sp³-hybridized carbons (Fsp3) is 0. The lowest BCUT2D eigenvalue weighted by Crippen LogP contribution is -2.04. The minimum absolute atomic E-state index is 0.0313. The van der Waals surface area contributed by atoms with Crippen LogP contribution < -0.4 is 11.5 Å². The maximum Gasteiger partial charge on any atom is 0.193 e. The Labute approximate surface area is 126 Å². The van der Waals surface area contributed by atoms with Gasteiger partial charge in [0.25, 0.3) is 0 Å². The maximum atomic E-state index is 12.7. The zero-order chi connectivity index (χ0) is 14.8. The molecule has 3 nitrogen and oxygen atoms in total. The quantitative estimate of drug-likeness (QED) is 0.722. The number of thiophene rings is 1. The highest BCUT2D eigenvalue weighted by atomic mass is 32.1. The summed E-state index contributed by atoms with van der Waals surface area (Å²) in [4.78, 5) is 12.7. The fourth-order valence-electron chi connectivity index (χ4n) is 2.32. The van der Waals surface area contributed by atoms with Crippen molar-refractivity contribution in [3.63, 3.8) is 0 Å². The van der Waals surface area contributed by atoms with Crippen LogP contribution in [-0.2, 0) is 0 Å². The molecule has 2 aromatic carbocycles. The molecule has 0 aliphatic carbocycles. The van der Waals surface area contributed by atoms with Crippen molar-refractivity contribution in [3.05, 3.63) is 71.1 Å². The first kappa shape index (κ1) is 13.4. The Bertz CT molecular complexity index is 774. The van der Waals surface area contributed by atoms with E-state index in [9.17, 15) is 4.79 Å². The van der Waals surface area contributed by atoms with Crippen molar-refractivity contribution in [2.75, 3.05) is 11.5 Å². The van der Waals surface area contributed by atoms with Crippen LogP contribution in [0.3, 0.4) is 0 Å². The molecule has 0 bridgehead atoms. The van der Waals surface area contributed by atoms with Crippen LogP contribution in [0.5, 0.6) is 0 Å². The summed E-state index contributed by atoms with van der Waals surface area (Å²) < 4.78 is 0. The van der Waals surface area contributed by atoms with Crippen LogP contribution in [0.15, 0.2) is 60.0 Å². The minimum Gasteiger partial charge on any atom is -0.397 e. The number of benzene rings is 2. The predicted octanol–water partition coefficient (Wildman–Crippen LogP) is 3.81. The molecule has 0 aliphatic rings. The molecular weight excluding hydrogens is 280 g/mol. The van der Waals surface area contributed by atoms with Gasteiger partial charge in [-0.3, -0.25) is 4.79 Å². The van der Waals surface area contributed by atoms with E-state index in [-0.39, 0.29) is 5.78 Å².